The van der Waals surface area contributed by atoms with Crippen molar-refractivity contribution in [2.75, 3.05) is 38.2 Å². The SMILES string of the molecule is CCOc1ccc(NC(=O)N2CC[C@@]3(CCOC3)C2)c2ncccc12. The maximum atomic E-state index is 12.7. The molecule has 0 radical (unpaired) electrons. The number of pyridine rings is 1. The molecule has 0 unspecified atom stereocenters. The highest BCUT2D eigenvalue weighted by Gasteiger charge is 2.42. The van der Waals surface area contributed by atoms with Crippen molar-refractivity contribution >= 4 is 22.6 Å². The van der Waals surface area contributed by atoms with E-state index in [1.807, 2.05) is 36.1 Å². The molecule has 0 bridgehead atoms. The quantitative estimate of drug-likeness (QED) is 0.930. The van der Waals surface area contributed by atoms with Crippen LogP contribution < -0.4 is 10.1 Å². The zero-order valence-corrected chi connectivity index (χ0v) is 14.5. The van der Waals surface area contributed by atoms with Crippen LogP contribution in [0.3, 0.4) is 0 Å². The number of hydrogen-bond acceptors (Lipinski definition) is 4. The third kappa shape index (κ3) is 3.02. The molecule has 0 aliphatic carbocycles. The number of fused-ring (bicyclic) bond motifs is 1. The highest BCUT2D eigenvalue weighted by atomic mass is 16.5. The number of nitrogens with one attached hydrogen (secondary N) is 1. The van der Waals surface area contributed by atoms with Crippen LogP contribution in [0.1, 0.15) is 19.8 Å². The highest BCUT2D eigenvalue weighted by molar-refractivity contribution is 6.01. The summed E-state index contributed by atoms with van der Waals surface area (Å²) >= 11 is 0. The summed E-state index contributed by atoms with van der Waals surface area (Å²) in [6.45, 7) is 5.66. The Morgan fingerprint density at radius 2 is 2.32 bits per heavy atom. The predicted octanol–water partition coefficient (Wildman–Crippen LogP) is 3.28. The molecule has 2 saturated heterocycles. The van der Waals surface area contributed by atoms with Crippen molar-refractivity contribution in [1.82, 2.24) is 9.88 Å². The summed E-state index contributed by atoms with van der Waals surface area (Å²) in [7, 11) is 0. The lowest BCUT2D eigenvalue weighted by atomic mass is 9.87. The first-order chi connectivity index (χ1) is 12.2. The van der Waals surface area contributed by atoms with Crippen molar-refractivity contribution in [2.24, 2.45) is 5.41 Å². The Morgan fingerprint density at radius 1 is 1.40 bits per heavy atom. The molecule has 2 aromatic rings. The number of aromatic nitrogens is 1. The van der Waals surface area contributed by atoms with E-state index in [0.29, 0.717) is 12.3 Å². The van der Waals surface area contributed by atoms with Gasteiger partial charge in [-0.3, -0.25) is 4.98 Å². The number of rotatable bonds is 3. The molecular formula is C19H23N3O3. The molecule has 6 nitrogen and oxygen atoms in total. The average molecular weight is 341 g/mol. The zero-order chi connectivity index (χ0) is 17.3. The molecule has 0 saturated carbocycles. The Bertz CT molecular complexity index is 787. The summed E-state index contributed by atoms with van der Waals surface area (Å²) in [5, 5.41) is 3.94. The van der Waals surface area contributed by atoms with Crippen LogP contribution in [0.5, 0.6) is 5.75 Å². The van der Waals surface area contributed by atoms with Gasteiger partial charge in [0.05, 0.1) is 24.4 Å². The molecule has 132 valence electrons. The molecule has 4 rings (SSSR count). The molecule has 2 aliphatic rings. The minimum Gasteiger partial charge on any atom is -0.493 e. The summed E-state index contributed by atoms with van der Waals surface area (Å²) in [6, 6.07) is 7.52. The van der Waals surface area contributed by atoms with Crippen LogP contribution in [-0.4, -0.2) is 48.8 Å². The Balaban J connectivity index is 1.55. The molecule has 6 heteroatoms. The lowest BCUT2D eigenvalue weighted by Gasteiger charge is -2.22. The van der Waals surface area contributed by atoms with Crippen LogP contribution in [0.4, 0.5) is 10.5 Å². The van der Waals surface area contributed by atoms with Crippen molar-refractivity contribution in [3.63, 3.8) is 0 Å². The number of amides is 2. The molecule has 3 heterocycles. The molecule has 1 aromatic carbocycles. The Kier molecular flexibility index (Phi) is 4.21. The third-order valence-electron chi connectivity index (χ3n) is 5.18. The van der Waals surface area contributed by atoms with Crippen molar-refractivity contribution in [3.05, 3.63) is 30.5 Å². The molecule has 1 N–H and O–H groups in total. The van der Waals surface area contributed by atoms with Crippen LogP contribution in [0, 0.1) is 5.41 Å². The van der Waals surface area contributed by atoms with E-state index in [1.165, 1.54) is 0 Å². The molecule has 2 fully saturated rings. The van der Waals surface area contributed by atoms with Crippen LogP contribution in [0.2, 0.25) is 0 Å². The molecule has 1 spiro atoms. The van der Waals surface area contributed by atoms with Gasteiger partial charge in [-0.2, -0.15) is 0 Å². The molecule has 25 heavy (non-hydrogen) atoms. The third-order valence-corrected chi connectivity index (χ3v) is 5.18. The number of carbonyl (C=O) groups excluding carboxylic acids is 1. The summed E-state index contributed by atoms with van der Waals surface area (Å²) in [5.74, 6) is 0.784. The average Bonchev–Trinajstić information content (AvgIpc) is 3.27. The molecular weight excluding hydrogens is 318 g/mol. The number of benzene rings is 1. The Morgan fingerprint density at radius 3 is 3.12 bits per heavy atom. The predicted molar refractivity (Wildman–Crippen MR) is 96.0 cm³/mol. The summed E-state index contributed by atoms with van der Waals surface area (Å²) in [4.78, 5) is 19.1. The summed E-state index contributed by atoms with van der Waals surface area (Å²) < 4.78 is 11.2. The van der Waals surface area contributed by atoms with Crippen molar-refractivity contribution in [3.8, 4) is 5.75 Å². The maximum absolute atomic E-state index is 12.7. The van der Waals surface area contributed by atoms with Gasteiger partial charge in [-0.25, -0.2) is 4.79 Å². The second-order valence-corrected chi connectivity index (χ2v) is 6.85. The fraction of sp³-hybridized carbons (Fsp3) is 0.474. The second-order valence-electron chi connectivity index (χ2n) is 6.85. The van der Waals surface area contributed by atoms with Crippen LogP contribution >= 0.6 is 0 Å². The Labute approximate surface area is 147 Å². The van der Waals surface area contributed by atoms with E-state index in [2.05, 4.69) is 10.3 Å². The smallest absolute Gasteiger partial charge is 0.321 e. The largest absolute Gasteiger partial charge is 0.493 e. The fourth-order valence-electron chi connectivity index (χ4n) is 3.80. The number of nitrogens with zero attached hydrogens (tertiary/aromatic N) is 2. The number of likely N-dealkylation sites (tertiary alicyclic amines) is 1. The Hall–Kier alpha value is -2.34. The van der Waals surface area contributed by atoms with Crippen molar-refractivity contribution in [2.45, 2.75) is 19.8 Å². The van der Waals surface area contributed by atoms with Gasteiger partial charge in [-0.05, 0) is 44.0 Å². The second kappa shape index (κ2) is 6.52. The van der Waals surface area contributed by atoms with Gasteiger partial charge in [0.25, 0.3) is 0 Å². The van der Waals surface area contributed by atoms with Gasteiger partial charge < -0.3 is 19.7 Å². The number of urea groups is 1. The zero-order valence-electron chi connectivity index (χ0n) is 14.5. The lowest BCUT2D eigenvalue weighted by molar-refractivity contribution is 0.154. The molecule has 2 amide bonds. The standard InChI is InChI=1S/C19H23N3O3/c1-2-25-16-6-5-15(17-14(16)4-3-9-20-17)21-18(23)22-10-7-19(12-22)8-11-24-13-19/h3-6,9H,2,7-8,10-13H2,1H3,(H,21,23)/t19-/m1/s1. The molecule has 2 aliphatic heterocycles. The molecule has 1 atom stereocenters. The van der Waals surface area contributed by atoms with Crippen molar-refractivity contribution < 1.29 is 14.3 Å². The van der Waals surface area contributed by atoms with Crippen LogP contribution in [-0.2, 0) is 4.74 Å². The van der Waals surface area contributed by atoms with Gasteiger partial charge in [0.2, 0.25) is 0 Å². The van der Waals surface area contributed by atoms with E-state index in [-0.39, 0.29) is 11.4 Å². The summed E-state index contributed by atoms with van der Waals surface area (Å²) in [6.07, 6.45) is 3.79. The van der Waals surface area contributed by atoms with Gasteiger partial charge in [-0.1, -0.05) is 0 Å². The van der Waals surface area contributed by atoms with Crippen LogP contribution in [0.15, 0.2) is 30.5 Å². The summed E-state index contributed by atoms with van der Waals surface area (Å²) in [5.41, 5.74) is 1.63. The number of hydrogen-bond donors (Lipinski definition) is 1. The van der Waals surface area contributed by atoms with Crippen molar-refractivity contribution in [1.29, 1.82) is 0 Å². The normalized spacial score (nSPS) is 22.7. The topological polar surface area (TPSA) is 63.7 Å². The maximum Gasteiger partial charge on any atom is 0.321 e. The van der Waals surface area contributed by atoms with E-state index in [1.54, 1.807) is 6.20 Å². The monoisotopic (exact) mass is 341 g/mol. The van der Waals surface area contributed by atoms with Gasteiger partial charge in [0, 0.05) is 36.7 Å². The molecule has 1 aromatic heterocycles. The fourth-order valence-corrected chi connectivity index (χ4v) is 3.80. The minimum atomic E-state index is -0.0695. The first-order valence-corrected chi connectivity index (χ1v) is 8.85. The lowest BCUT2D eigenvalue weighted by Crippen LogP contribution is -2.35. The van der Waals surface area contributed by atoms with Gasteiger partial charge in [0.1, 0.15) is 5.75 Å². The van der Waals surface area contributed by atoms with E-state index in [4.69, 9.17) is 9.47 Å². The van der Waals surface area contributed by atoms with Gasteiger partial charge in [-0.15, -0.1) is 0 Å². The highest BCUT2D eigenvalue weighted by Crippen LogP contribution is 2.38. The minimum absolute atomic E-state index is 0.0695. The van der Waals surface area contributed by atoms with E-state index in [0.717, 1.165) is 55.8 Å². The van der Waals surface area contributed by atoms with E-state index < -0.39 is 0 Å². The first-order valence-electron chi connectivity index (χ1n) is 8.85. The van der Waals surface area contributed by atoms with Gasteiger partial charge >= 0.3 is 6.03 Å². The van der Waals surface area contributed by atoms with Crippen LogP contribution in [0.25, 0.3) is 10.9 Å². The van der Waals surface area contributed by atoms with E-state index in [9.17, 15) is 4.79 Å². The number of ether oxygens (including phenoxy) is 2. The van der Waals surface area contributed by atoms with Gasteiger partial charge in [0.15, 0.2) is 0 Å². The first kappa shape index (κ1) is 16.1. The number of carbonyl (C=O) groups is 1. The number of anilines is 1. The van der Waals surface area contributed by atoms with E-state index >= 15 is 0 Å².